The summed E-state index contributed by atoms with van der Waals surface area (Å²) in [5.74, 6) is -2.34. The number of H-pyrrole nitrogens is 1. The number of fused-ring (bicyclic) bond motifs is 1. The smallest absolute Gasteiger partial charge is 0.480 e. The van der Waals surface area contributed by atoms with Gasteiger partial charge in [0.1, 0.15) is 12.1 Å². The summed E-state index contributed by atoms with van der Waals surface area (Å²) in [4.78, 5) is 59.3. The van der Waals surface area contributed by atoms with Crippen LogP contribution >= 0.6 is 0 Å². The van der Waals surface area contributed by atoms with Gasteiger partial charge >= 0.3 is 13.3 Å². The summed E-state index contributed by atoms with van der Waals surface area (Å²) in [6.45, 7) is 3.95. The highest BCUT2D eigenvalue weighted by Gasteiger charge is 2.39. The van der Waals surface area contributed by atoms with Gasteiger partial charge in [-0.15, -0.1) is 0 Å². The predicted octanol–water partition coefficient (Wildman–Crippen LogP) is 0.601. The average Bonchev–Trinajstić information content (AvgIpc) is 3.43. The van der Waals surface area contributed by atoms with Crippen molar-refractivity contribution in [2.75, 3.05) is 6.54 Å². The zero-order valence-corrected chi connectivity index (χ0v) is 25.6. The molecule has 14 nitrogen and oxygen atoms in total. The van der Waals surface area contributed by atoms with E-state index in [1.165, 1.54) is 16.2 Å². The standard InChI is InChI=1S/C31H36N6O5.BH3O3/c1-21(2)16-28(31(41)42)37(36-14-12-32-13-15-36)30(40)27(18-23-19-33-25-11-7-6-10-24(23)25)35-29(39)26(34-20-38)17-22-8-4-3-5-9-22;2-1(3)4/h3-14,19-21,26-28,33H,15-18H2,1-2H3,(H,34,38)(H,35,39)(H,41,42);2-4H/t26-,27-,28-;/m0./s1. The van der Waals surface area contributed by atoms with Crippen LogP contribution < -0.4 is 10.6 Å². The Kier molecular flexibility index (Phi) is 13.5. The van der Waals surface area contributed by atoms with Gasteiger partial charge in [0.05, 0.1) is 6.54 Å². The highest BCUT2D eigenvalue weighted by Crippen LogP contribution is 2.23. The Morgan fingerprint density at radius 2 is 1.72 bits per heavy atom. The molecule has 0 radical (unpaired) electrons. The molecule has 1 aliphatic heterocycles. The highest BCUT2D eigenvalue weighted by atomic mass is 16.5. The van der Waals surface area contributed by atoms with Crippen molar-refractivity contribution in [2.45, 2.75) is 51.2 Å². The Balaban J connectivity index is 0.00000136. The number of hydrazine groups is 1. The monoisotopic (exact) mass is 634 g/mol. The number of para-hydroxylation sites is 1. The first-order valence-electron chi connectivity index (χ1n) is 14.7. The van der Waals surface area contributed by atoms with Gasteiger partial charge < -0.3 is 35.8 Å². The number of rotatable bonds is 14. The van der Waals surface area contributed by atoms with Crippen LogP contribution in [-0.2, 0) is 32.0 Å². The van der Waals surface area contributed by atoms with Gasteiger partial charge in [0, 0.05) is 48.6 Å². The molecule has 3 aromatic rings. The number of carbonyl (C=O) groups excluding carboxylic acids is 3. The maximum Gasteiger partial charge on any atom is 0.631 e. The second kappa shape index (κ2) is 17.5. The van der Waals surface area contributed by atoms with Crippen molar-refractivity contribution in [3.05, 3.63) is 84.3 Å². The van der Waals surface area contributed by atoms with E-state index in [0.29, 0.717) is 6.41 Å². The summed E-state index contributed by atoms with van der Waals surface area (Å²) in [5, 5.41) is 40.8. The topological polar surface area (TPSA) is 208 Å². The number of aromatic nitrogens is 1. The summed E-state index contributed by atoms with van der Waals surface area (Å²) in [5.41, 5.74) is 2.47. The van der Waals surface area contributed by atoms with E-state index in [2.05, 4.69) is 20.6 Å². The third-order valence-corrected chi connectivity index (χ3v) is 7.06. The van der Waals surface area contributed by atoms with Crippen LogP contribution in [0.1, 0.15) is 31.4 Å². The van der Waals surface area contributed by atoms with Gasteiger partial charge in [-0.2, -0.15) is 0 Å². The Morgan fingerprint density at radius 3 is 2.33 bits per heavy atom. The highest BCUT2D eigenvalue weighted by molar-refractivity contribution is 6.30. The zero-order valence-electron chi connectivity index (χ0n) is 25.6. The molecule has 46 heavy (non-hydrogen) atoms. The number of hydrogen-bond acceptors (Lipinski definition) is 9. The molecule has 15 heteroatoms. The van der Waals surface area contributed by atoms with E-state index in [1.807, 2.05) is 68.4 Å². The lowest BCUT2D eigenvalue weighted by molar-refractivity contribution is -0.166. The molecule has 2 heterocycles. The van der Waals surface area contributed by atoms with Gasteiger partial charge in [0.25, 0.3) is 5.91 Å². The summed E-state index contributed by atoms with van der Waals surface area (Å²) in [6.07, 6.45) is 7.33. The van der Waals surface area contributed by atoms with Gasteiger partial charge in [-0.1, -0.05) is 62.4 Å². The Bertz CT molecular complexity index is 1510. The molecule has 0 aliphatic carbocycles. The third kappa shape index (κ3) is 10.3. The van der Waals surface area contributed by atoms with Crippen LogP contribution in [0.4, 0.5) is 0 Å². The van der Waals surface area contributed by atoms with Crippen LogP contribution in [0.3, 0.4) is 0 Å². The van der Waals surface area contributed by atoms with Gasteiger partial charge in [-0.3, -0.25) is 24.4 Å². The molecule has 7 N–H and O–H groups in total. The van der Waals surface area contributed by atoms with Crippen LogP contribution in [0.15, 0.2) is 78.2 Å². The lowest BCUT2D eigenvalue weighted by Crippen LogP contribution is -2.61. The second-order valence-electron chi connectivity index (χ2n) is 10.9. The Morgan fingerprint density at radius 1 is 1.04 bits per heavy atom. The van der Waals surface area contributed by atoms with Gasteiger partial charge in [0.15, 0.2) is 6.04 Å². The van der Waals surface area contributed by atoms with Crippen LogP contribution in [0.25, 0.3) is 10.9 Å². The van der Waals surface area contributed by atoms with Crippen molar-refractivity contribution in [3.8, 4) is 0 Å². The quantitative estimate of drug-likeness (QED) is 0.0978. The molecule has 0 unspecified atom stereocenters. The molecule has 0 saturated heterocycles. The number of aliphatic carboxylic acids is 1. The van der Waals surface area contributed by atoms with E-state index in [0.717, 1.165) is 22.0 Å². The van der Waals surface area contributed by atoms with Gasteiger partial charge in [-0.05, 0) is 29.5 Å². The largest absolute Gasteiger partial charge is 0.631 e. The summed E-state index contributed by atoms with van der Waals surface area (Å²) in [7, 11) is -2.17. The van der Waals surface area contributed by atoms with Crippen molar-refractivity contribution in [2.24, 2.45) is 10.9 Å². The first-order chi connectivity index (χ1) is 22.0. The molecule has 0 fully saturated rings. The predicted molar refractivity (Wildman–Crippen MR) is 172 cm³/mol. The van der Waals surface area contributed by atoms with E-state index in [1.54, 1.807) is 18.6 Å². The van der Waals surface area contributed by atoms with Gasteiger partial charge in [-0.25, -0.2) is 9.80 Å². The molecule has 0 spiro atoms. The molecule has 2 aromatic carbocycles. The Hall–Kier alpha value is -4.99. The minimum atomic E-state index is -2.17. The number of carbonyl (C=O) groups is 4. The number of nitrogens with one attached hydrogen (secondary N) is 3. The maximum absolute atomic E-state index is 14.4. The van der Waals surface area contributed by atoms with E-state index in [-0.39, 0.29) is 31.7 Å². The first-order valence-corrected chi connectivity index (χ1v) is 14.7. The first kappa shape index (κ1) is 35.5. The van der Waals surface area contributed by atoms with Crippen molar-refractivity contribution in [1.82, 2.24) is 25.6 Å². The zero-order chi connectivity index (χ0) is 33.6. The van der Waals surface area contributed by atoms with Crippen molar-refractivity contribution < 1.29 is 39.4 Å². The van der Waals surface area contributed by atoms with E-state index >= 15 is 0 Å². The molecular formula is C31H39BN6O8. The number of amides is 3. The number of hydrogen-bond donors (Lipinski definition) is 7. The second-order valence-corrected chi connectivity index (χ2v) is 10.9. The van der Waals surface area contributed by atoms with Crippen LogP contribution in [0.2, 0.25) is 0 Å². The SMILES string of the molecule is CC(C)C[C@@H](C(=O)O)N(C(=O)[C@H](Cc1c[nH]c2ccccc12)NC(=O)[C@H](Cc1ccccc1)NC=O)N1C=CN=CC1.OB(O)O. The minimum absolute atomic E-state index is 0.0301. The summed E-state index contributed by atoms with van der Waals surface area (Å²) in [6, 6.07) is 13.5. The van der Waals surface area contributed by atoms with E-state index in [4.69, 9.17) is 15.1 Å². The molecule has 0 saturated carbocycles. The molecule has 0 bridgehead atoms. The summed E-state index contributed by atoms with van der Waals surface area (Å²) < 4.78 is 0. The van der Waals surface area contributed by atoms with Crippen LogP contribution in [0, 0.1) is 5.92 Å². The molecule has 3 atom stereocenters. The van der Waals surface area contributed by atoms with Gasteiger partial charge in [0.2, 0.25) is 12.3 Å². The number of nitrogens with zero attached hydrogens (tertiary/aromatic N) is 3. The lowest BCUT2D eigenvalue weighted by Gasteiger charge is -2.40. The van der Waals surface area contributed by atoms with E-state index in [9.17, 15) is 24.3 Å². The molecule has 3 amide bonds. The number of aliphatic imine (C=N–C) groups is 1. The molecule has 4 rings (SSSR count). The number of carboxylic acid groups (broad SMARTS) is 1. The maximum atomic E-state index is 14.4. The number of benzene rings is 2. The third-order valence-electron chi connectivity index (χ3n) is 7.06. The fraction of sp³-hybridized carbons (Fsp3) is 0.323. The molecule has 1 aromatic heterocycles. The van der Waals surface area contributed by atoms with Crippen LogP contribution in [0.5, 0.6) is 0 Å². The van der Waals surface area contributed by atoms with Crippen LogP contribution in [-0.4, -0.2) is 97.6 Å². The number of aromatic amines is 1. The fourth-order valence-corrected chi connectivity index (χ4v) is 5.05. The summed E-state index contributed by atoms with van der Waals surface area (Å²) >= 11 is 0. The number of carboxylic acids is 1. The normalized spacial score (nSPS) is 14.1. The average molecular weight is 634 g/mol. The fourth-order valence-electron chi connectivity index (χ4n) is 5.05. The van der Waals surface area contributed by atoms with Crippen molar-refractivity contribution in [1.29, 1.82) is 0 Å². The molecule has 244 valence electrons. The van der Waals surface area contributed by atoms with Crippen molar-refractivity contribution >= 4 is 48.6 Å². The Labute approximate surface area is 266 Å². The lowest BCUT2D eigenvalue weighted by atomic mass is 9.99. The molecule has 1 aliphatic rings. The van der Waals surface area contributed by atoms with Crippen molar-refractivity contribution in [3.63, 3.8) is 0 Å². The van der Waals surface area contributed by atoms with E-state index < -0.39 is 43.2 Å². The molecular weight excluding hydrogens is 595 g/mol. The minimum Gasteiger partial charge on any atom is -0.480 e.